The molecule has 5 aromatic rings. The second-order valence-corrected chi connectivity index (χ2v) is 19.5. The molecule has 0 N–H and O–H groups in total. The molecule has 0 nitrogen and oxygen atoms in total. The fourth-order valence-electron chi connectivity index (χ4n) is 6.19. The first-order valence-corrected chi connectivity index (χ1v) is 19.5. The summed E-state index contributed by atoms with van der Waals surface area (Å²) < 4.78 is 1.42. The Balaban J connectivity index is 0.000000294. The molecule has 0 saturated heterocycles. The van der Waals surface area contributed by atoms with E-state index < -0.39 is 0 Å². The normalized spacial score (nSPS) is 12.2. The van der Waals surface area contributed by atoms with Crippen molar-refractivity contribution in [3.63, 3.8) is 0 Å². The summed E-state index contributed by atoms with van der Waals surface area (Å²) in [5, 5.41) is 0. The maximum atomic E-state index is 3.67. The maximum absolute atomic E-state index is 3.67. The van der Waals surface area contributed by atoms with Gasteiger partial charge in [-0.05, 0) is 28.4 Å². The van der Waals surface area contributed by atoms with Crippen LogP contribution in [0, 0.1) is 19.9 Å². The average Bonchev–Trinajstić information content (AvgIpc) is 3.60. The van der Waals surface area contributed by atoms with Crippen LogP contribution in [0.15, 0.2) is 97.1 Å². The molecule has 276 valence electrons. The first-order chi connectivity index (χ1) is 23.0. The number of halogens is 2. The van der Waals surface area contributed by atoms with Gasteiger partial charge in [0.05, 0.1) is 0 Å². The van der Waals surface area contributed by atoms with E-state index in [1.165, 1.54) is 94.2 Å². The molecule has 0 unspecified atom stereocenters. The summed E-state index contributed by atoms with van der Waals surface area (Å²) >= 11 is 1.46. The molecule has 0 radical (unpaired) electrons. The molecule has 0 heterocycles. The number of benzene rings is 4. The zero-order valence-electron chi connectivity index (χ0n) is 34.2. The molecule has 6 rings (SSSR count). The van der Waals surface area contributed by atoms with Gasteiger partial charge in [0.2, 0.25) is 0 Å². The van der Waals surface area contributed by atoms with E-state index in [9.17, 15) is 0 Å². The molecule has 1 aliphatic rings. The van der Waals surface area contributed by atoms with Crippen molar-refractivity contribution >= 4 is 3.21 Å². The standard InChI is InChI=1S/C21H25.C21H26.C7H9.2ClH.Zr/c1-20(2,3)16-7-9-18-14(12-16)11-15-13-17(21(4,5)6)8-10-19(15)18;1-20(2,3)18-11-7-16(8-12-18)15-17-9-13-19(14-10-17)21(4,5)6;1-6-3-4-7(2)5-6;;;/h7-10,12H,11H2,1-6H3;7-14H,1-6H3;3-5H,1-2H3;2*1H;/q-1;;-1;;;+2/p-2. The van der Waals surface area contributed by atoms with Gasteiger partial charge in [0.1, 0.15) is 0 Å². The van der Waals surface area contributed by atoms with E-state index in [-0.39, 0.29) is 46.5 Å². The molecule has 0 spiro atoms. The van der Waals surface area contributed by atoms with Gasteiger partial charge in [0.15, 0.2) is 0 Å². The number of fused-ring (bicyclic) bond motifs is 3. The quantitative estimate of drug-likeness (QED) is 0.164. The second kappa shape index (κ2) is 17.8. The summed E-state index contributed by atoms with van der Waals surface area (Å²) in [6.45, 7) is 31.4. The third-order valence-electron chi connectivity index (χ3n) is 9.61. The van der Waals surface area contributed by atoms with Crippen molar-refractivity contribution in [3.8, 4) is 11.1 Å². The smallest absolute Gasteiger partial charge is 0.0635 e. The minimum atomic E-state index is 0. The SMILES string of the molecule is CC(C)(C)c1[c-]c2c(cc1)-c1ccc(C(C)(C)C)cc1C2.CC(C)(C)c1ccc([C](=[Zr+2])c2ccc(C(C)(C)C)cc2)cc1.Cc1c[cH-]c(C)c1.[Cl-].[Cl-]. The molecule has 0 aromatic heterocycles. The third kappa shape index (κ3) is 12.0. The van der Waals surface area contributed by atoms with Crippen molar-refractivity contribution in [1.82, 2.24) is 0 Å². The first kappa shape index (κ1) is 45.7. The van der Waals surface area contributed by atoms with Crippen molar-refractivity contribution in [2.45, 2.75) is 125 Å². The van der Waals surface area contributed by atoms with Crippen molar-refractivity contribution in [2.24, 2.45) is 0 Å². The molecule has 0 amide bonds. The summed E-state index contributed by atoms with van der Waals surface area (Å²) in [6, 6.07) is 39.7. The Morgan fingerprint density at radius 1 is 0.558 bits per heavy atom. The monoisotopic (exact) mass is 808 g/mol. The number of aryl methyl sites for hydroxylation is 2. The van der Waals surface area contributed by atoms with E-state index in [4.69, 9.17) is 0 Å². The molecular weight excluding hydrogens is 751 g/mol. The second-order valence-electron chi connectivity index (χ2n) is 18.3. The minimum Gasteiger partial charge on any atom is -1.00 e. The summed E-state index contributed by atoms with van der Waals surface area (Å²) in [5.74, 6) is 0. The molecule has 0 fully saturated rings. The average molecular weight is 811 g/mol. The van der Waals surface area contributed by atoms with E-state index >= 15 is 0 Å². The third-order valence-corrected chi connectivity index (χ3v) is 11.0. The summed E-state index contributed by atoms with van der Waals surface area (Å²) in [6.07, 6.45) is 1.03. The summed E-state index contributed by atoms with van der Waals surface area (Å²) in [4.78, 5) is 0. The van der Waals surface area contributed by atoms with E-state index in [0.29, 0.717) is 0 Å². The van der Waals surface area contributed by atoms with Gasteiger partial charge in [-0.3, -0.25) is 0 Å². The minimum absolute atomic E-state index is 0. The summed E-state index contributed by atoms with van der Waals surface area (Å²) in [7, 11) is 0. The number of hydrogen-bond acceptors (Lipinski definition) is 0. The van der Waals surface area contributed by atoms with Crippen LogP contribution in [-0.2, 0) is 52.3 Å². The molecule has 0 aliphatic heterocycles. The van der Waals surface area contributed by atoms with Crippen LogP contribution in [0.2, 0.25) is 0 Å². The van der Waals surface area contributed by atoms with Crippen LogP contribution >= 0.6 is 0 Å². The Morgan fingerprint density at radius 3 is 1.37 bits per heavy atom. The van der Waals surface area contributed by atoms with E-state index in [2.05, 4.69) is 200 Å². The molecule has 52 heavy (non-hydrogen) atoms. The Labute approximate surface area is 344 Å². The van der Waals surface area contributed by atoms with Gasteiger partial charge >= 0.3 is 151 Å². The Hall–Kier alpha value is -2.44. The van der Waals surface area contributed by atoms with Gasteiger partial charge in [-0.15, -0.1) is 11.1 Å². The van der Waals surface area contributed by atoms with Crippen LogP contribution in [0.1, 0.15) is 139 Å². The van der Waals surface area contributed by atoms with Crippen LogP contribution < -0.4 is 24.8 Å². The topological polar surface area (TPSA) is 0 Å². The molecule has 0 saturated carbocycles. The van der Waals surface area contributed by atoms with Gasteiger partial charge < -0.3 is 24.8 Å². The van der Waals surface area contributed by atoms with Crippen LogP contribution in [0.4, 0.5) is 0 Å². The van der Waals surface area contributed by atoms with Crippen LogP contribution in [0.25, 0.3) is 11.1 Å². The fraction of sp³-hybridized carbons (Fsp3) is 0.388. The van der Waals surface area contributed by atoms with Crippen LogP contribution in [0.5, 0.6) is 0 Å². The predicted octanol–water partition coefficient (Wildman–Crippen LogP) is 7.08. The number of hydrogen-bond donors (Lipinski definition) is 0. The van der Waals surface area contributed by atoms with Crippen molar-refractivity contribution in [3.05, 3.63) is 159 Å². The zero-order valence-corrected chi connectivity index (χ0v) is 38.2. The Bertz CT molecular complexity index is 1770. The Kier molecular flexibility index (Phi) is 15.6. The van der Waals surface area contributed by atoms with E-state index in [1.54, 1.807) is 0 Å². The maximum Gasteiger partial charge on any atom is -0.0635 e. The molecule has 3 heteroatoms. The van der Waals surface area contributed by atoms with Crippen molar-refractivity contribution in [2.75, 3.05) is 0 Å². The zero-order chi connectivity index (χ0) is 37.2. The number of rotatable bonds is 2. The summed E-state index contributed by atoms with van der Waals surface area (Å²) in [5.41, 5.74) is 17.3. The van der Waals surface area contributed by atoms with Gasteiger partial charge in [0, 0.05) is 0 Å². The van der Waals surface area contributed by atoms with E-state index in [1.807, 2.05) is 0 Å². The molecule has 1 aliphatic carbocycles. The van der Waals surface area contributed by atoms with Crippen LogP contribution in [-0.4, -0.2) is 3.21 Å². The van der Waals surface area contributed by atoms with Crippen LogP contribution in [0.3, 0.4) is 0 Å². The largest absolute Gasteiger partial charge is 1.00 e. The molecule has 0 atom stereocenters. The Morgan fingerprint density at radius 2 is 1.00 bits per heavy atom. The van der Waals surface area contributed by atoms with Gasteiger partial charge in [-0.25, -0.2) is 11.6 Å². The fourth-order valence-corrected chi connectivity index (χ4v) is 7.01. The van der Waals surface area contributed by atoms with Gasteiger partial charge in [-0.2, -0.15) is 41.5 Å². The van der Waals surface area contributed by atoms with Crippen molar-refractivity contribution < 1.29 is 49.0 Å². The van der Waals surface area contributed by atoms with E-state index in [0.717, 1.165) is 6.42 Å². The molecule has 0 bridgehead atoms. The first-order valence-electron chi connectivity index (χ1n) is 18.2. The molecular formula is C49H60Cl2Zr-2. The van der Waals surface area contributed by atoms with Crippen molar-refractivity contribution in [1.29, 1.82) is 0 Å². The molecule has 5 aromatic carbocycles. The van der Waals surface area contributed by atoms with Gasteiger partial charge in [-0.1, -0.05) is 79.2 Å². The predicted molar refractivity (Wildman–Crippen MR) is 216 cm³/mol. The van der Waals surface area contributed by atoms with Gasteiger partial charge in [0.25, 0.3) is 0 Å².